The van der Waals surface area contributed by atoms with Gasteiger partial charge in [-0.25, -0.2) is 4.98 Å². The zero-order chi connectivity index (χ0) is 14.9. The minimum atomic E-state index is -0.365. The number of hydrogen-bond acceptors (Lipinski definition) is 5. The second-order valence-electron chi connectivity index (χ2n) is 5.71. The number of anilines is 1. The molecule has 1 atom stereocenters. The maximum Gasteiger partial charge on any atom is 0.231 e. The van der Waals surface area contributed by atoms with Gasteiger partial charge in [-0.1, -0.05) is 11.3 Å². The van der Waals surface area contributed by atoms with Crippen LogP contribution in [0.1, 0.15) is 32.1 Å². The Labute approximate surface area is 121 Å². The number of nitrogens with one attached hydrogen (secondary N) is 1. The van der Waals surface area contributed by atoms with E-state index in [-0.39, 0.29) is 29.7 Å². The van der Waals surface area contributed by atoms with Crippen LogP contribution in [0, 0.1) is 17.2 Å². The first-order valence-corrected chi connectivity index (χ1v) is 7.10. The first-order chi connectivity index (χ1) is 9.31. The number of thiazole rings is 1. The Hall–Kier alpha value is -1.94. The largest absolute Gasteiger partial charge is 0.337 e. The lowest BCUT2D eigenvalue weighted by Crippen LogP contribution is -2.42. The van der Waals surface area contributed by atoms with Crippen LogP contribution in [0.2, 0.25) is 0 Å². The van der Waals surface area contributed by atoms with Crippen LogP contribution >= 0.6 is 11.3 Å². The number of nitrogens with zero attached hydrogens (tertiary/aromatic N) is 3. The molecule has 2 rings (SSSR count). The van der Waals surface area contributed by atoms with Gasteiger partial charge in [-0.05, 0) is 20.8 Å². The first kappa shape index (κ1) is 14.5. The van der Waals surface area contributed by atoms with E-state index in [1.54, 1.807) is 4.90 Å². The summed E-state index contributed by atoms with van der Waals surface area (Å²) >= 11 is 1.12. The van der Waals surface area contributed by atoms with Gasteiger partial charge >= 0.3 is 0 Å². The number of amides is 2. The summed E-state index contributed by atoms with van der Waals surface area (Å²) in [5.74, 6) is -0.588. The summed E-state index contributed by atoms with van der Waals surface area (Å²) in [6.45, 7) is 6.27. The van der Waals surface area contributed by atoms with Crippen molar-refractivity contribution in [3.8, 4) is 6.07 Å². The highest BCUT2D eigenvalue weighted by molar-refractivity contribution is 7.16. The monoisotopic (exact) mass is 292 g/mol. The van der Waals surface area contributed by atoms with E-state index in [4.69, 9.17) is 5.26 Å². The van der Waals surface area contributed by atoms with E-state index in [9.17, 15) is 9.59 Å². The average Bonchev–Trinajstić information content (AvgIpc) is 2.94. The highest BCUT2D eigenvalue weighted by atomic mass is 32.1. The molecule has 1 fully saturated rings. The molecule has 0 aliphatic carbocycles. The van der Waals surface area contributed by atoms with E-state index in [1.807, 2.05) is 26.8 Å². The zero-order valence-corrected chi connectivity index (χ0v) is 12.5. The molecule has 1 aliphatic rings. The molecule has 0 radical (unpaired) electrons. The zero-order valence-electron chi connectivity index (χ0n) is 11.6. The minimum absolute atomic E-state index is 0.00509. The van der Waals surface area contributed by atoms with E-state index in [2.05, 4.69) is 10.3 Å². The van der Waals surface area contributed by atoms with Crippen LogP contribution in [0.3, 0.4) is 0 Å². The molecule has 2 amide bonds. The van der Waals surface area contributed by atoms with Crippen molar-refractivity contribution in [2.24, 2.45) is 5.92 Å². The van der Waals surface area contributed by atoms with Crippen molar-refractivity contribution in [2.45, 2.75) is 32.7 Å². The van der Waals surface area contributed by atoms with Crippen molar-refractivity contribution < 1.29 is 9.59 Å². The molecule has 1 saturated heterocycles. The molecular formula is C13H16N4O2S. The Morgan fingerprint density at radius 2 is 2.30 bits per heavy atom. The highest BCUT2D eigenvalue weighted by Gasteiger charge is 2.39. The quantitative estimate of drug-likeness (QED) is 0.897. The number of carbonyl (C=O) groups is 2. The van der Waals surface area contributed by atoms with Crippen molar-refractivity contribution in [3.63, 3.8) is 0 Å². The molecule has 7 heteroatoms. The fourth-order valence-electron chi connectivity index (χ4n) is 2.12. The van der Waals surface area contributed by atoms with Crippen molar-refractivity contribution in [1.29, 1.82) is 5.26 Å². The van der Waals surface area contributed by atoms with Crippen molar-refractivity contribution >= 4 is 28.3 Å². The second-order valence-corrected chi connectivity index (χ2v) is 6.74. The molecule has 1 aromatic rings. The van der Waals surface area contributed by atoms with Gasteiger partial charge in [0.25, 0.3) is 0 Å². The van der Waals surface area contributed by atoms with Crippen LogP contribution in [0.5, 0.6) is 0 Å². The number of carbonyl (C=O) groups excluding carboxylic acids is 2. The lowest BCUT2D eigenvalue weighted by molar-refractivity contribution is -0.131. The van der Waals surface area contributed by atoms with Gasteiger partial charge in [-0.15, -0.1) is 0 Å². The Kier molecular flexibility index (Phi) is 3.77. The maximum atomic E-state index is 12.1. The van der Waals surface area contributed by atoms with Crippen LogP contribution in [0.4, 0.5) is 5.13 Å². The number of nitriles is 1. The lowest BCUT2D eigenvalue weighted by Gasteiger charge is -2.31. The highest BCUT2D eigenvalue weighted by Crippen LogP contribution is 2.27. The summed E-state index contributed by atoms with van der Waals surface area (Å²) in [5, 5.41) is 11.8. The van der Waals surface area contributed by atoms with E-state index >= 15 is 0 Å². The van der Waals surface area contributed by atoms with Gasteiger partial charge in [0.1, 0.15) is 10.9 Å². The number of rotatable bonds is 2. The molecular weight excluding hydrogens is 276 g/mol. The molecule has 2 heterocycles. The summed E-state index contributed by atoms with van der Waals surface area (Å²) < 4.78 is 0. The van der Waals surface area contributed by atoms with Crippen LogP contribution in [-0.2, 0) is 9.59 Å². The Balaban J connectivity index is 2.01. The van der Waals surface area contributed by atoms with Crippen molar-refractivity contribution in [1.82, 2.24) is 9.88 Å². The molecule has 6 nitrogen and oxygen atoms in total. The third-order valence-electron chi connectivity index (χ3n) is 3.15. The molecule has 1 unspecified atom stereocenters. The van der Waals surface area contributed by atoms with Gasteiger partial charge < -0.3 is 10.2 Å². The Morgan fingerprint density at radius 3 is 2.80 bits per heavy atom. The minimum Gasteiger partial charge on any atom is -0.337 e. The van der Waals surface area contributed by atoms with Gasteiger partial charge in [-0.3, -0.25) is 9.59 Å². The predicted molar refractivity (Wildman–Crippen MR) is 75.0 cm³/mol. The van der Waals surface area contributed by atoms with E-state index in [1.165, 1.54) is 6.20 Å². The lowest BCUT2D eigenvalue weighted by atomic mass is 10.1. The average molecular weight is 292 g/mol. The van der Waals surface area contributed by atoms with Gasteiger partial charge in [0.15, 0.2) is 5.13 Å². The second kappa shape index (κ2) is 5.21. The number of hydrogen-bond donors (Lipinski definition) is 1. The summed E-state index contributed by atoms with van der Waals surface area (Å²) in [5.41, 5.74) is -0.277. The van der Waals surface area contributed by atoms with Crippen LogP contribution < -0.4 is 5.32 Å². The predicted octanol–water partition coefficient (Wildman–Crippen LogP) is 1.60. The Bertz CT molecular complexity index is 582. The Morgan fingerprint density at radius 1 is 1.60 bits per heavy atom. The summed E-state index contributed by atoms with van der Waals surface area (Å²) in [6, 6.07) is 1.97. The number of likely N-dealkylation sites (tertiary alicyclic amines) is 1. The molecule has 0 bridgehead atoms. The molecule has 1 aromatic heterocycles. The van der Waals surface area contributed by atoms with Gasteiger partial charge in [-0.2, -0.15) is 5.26 Å². The normalized spacial score (nSPS) is 19.0. The molecule has 1 N–H and O–H groups in total. The SMILES string of the molecule is CC(C)(C)N1CC(C(=O)Nc2ncc(C#N)s2)CC1=O. The molecule has 20 heavy (non-hydrogen) atoms. The standard InChI is InChI=1S/C13H16N4O2S/c1-13(2,3)17-7-8(4-10(17)18)11(19)16-12-15-6-9(5-14)20-12/h6,8H,4,7H2,1-3H3,(H,15,16,19). The van der Waals surface area contributed by atoms with Gasteiger partial charge in [0.2, 0.25) is 11.8 Å². The fraction of sp³-hybridized carbons (Fsp3) is 0.538. The fourth-order valence-corrected chi connectivity index (χ4v) is 2.74. The third kappa shape index (κ3) is 2.96. The van der Waals surface area contributed by atoms with Crippen LogP contribution in [0.25, 0.3) is 0 Å². The van der Waals surface area contributed by atoms with Crippen LogP contribution in [0.15, 0.2) is 6.20 Å². The van der Waals surface area contributed by atoms with E-state index < -0.39 is 0 Å². The van der Waals surface area contributed by atoms with Gasteiger partial charge in [0, 0.05) is 18.5 Å². The van der Waals surface area contributed by atoms with Gasteiger partial charge in [0.05, 0.1) is 12.1 Å². The molecule has 0 saturated carbocycles. The van der Waals surface area contributed by atoms with E-state index in [0.29, 0.717) is 16.6 Å². The molecule has 1 aliphatic heterocycles. The maximum absolute atomic E-state index is 12.1. The summed E-state index contributed by atoms with van der Waals surface area (Å²) in [7, 11) is 0. The van der Waals surface area contributed by atoms with Crippen molar-refractivity contribution in [2.75, 3.05) is 11.9 Å². The van der Waals surface area contributed by atoms with E-state index in [0.717, 1.165) is 11.3 Å². The number of aromatic nitrogens is 1. The molecule has 0 aromatic carbocycles. The third-order valence-corrected chi connectivity index (χ3v) is 3.97. The van der Waals surface area contributed by atoms with Crippen LogP contribution in [-0.4, -0.2) is 33.8 Å². The smallest absolute Gasteiger partial charge is 0.231 e. The topological polar surface area (TPSA) is 86.1 Å². The summed E-state index contributed by atoms with van der Waals surface area (Å²) in [6.07, 6.45) is 1.64. The first-order valence-electron chi connectivity index (χ1n) is 6.28. The molecule has 106 valence electrons. The molecule has 0 spiro atoms. The summed E-state index contributed by atoms with van der Waals surface area (Å²) in [4.78, 5) is 30.2. The van der Waals surface area contributed by atoms with Crippen molar-refractivity contribution in [3.05, 3.63) is 11.1 Å².